The molecule has 198 valence electrons. The van der Waals surface area contributed by atoms with Crippen LogP contribution in [0.15, 0.2) is 42.5 Å². The van der Waals surface area contributed by atoms with E-state index in [0.717, 1.165) is 10.6 Å². The van der Waals surface area contributed by atoms with Crippen LogP contribution in [0.5, 0.6) is 11.5 Å². The van der Waals surface area contributed by atoms with Crippen molar-refractivity contribution in [2.75, 3.05) is 37.9 Å². The summed E-state index contributed by atoms with van der Waals surface area (Å²) in [4.78, 5) is 27.8. The number of carbonyl (C=O) groups excluding carboxylic acids is 2. The molecule has 0 saturated carbocycles. The van der Waals surface area contributed by atoms with Crippen LogP contribution < -0.4 is 19.1 Å². The highest BCUT2D eigenvalue weighted by Gasteiger charge is 2.30. The summed E-state index contributed by atoms with van der Waals surface area (Å²) in [5, 5.41) is 3.32. The Kier molecular flexibility index (Phi) is 10.4. The van der Waals surface area contributed by atoms with Crippen LogP contribution in [0.1, 0.15) is 26.3 Å². The van der Waals surface area contributed by atoms with Gasteiger partial charge in [0.05, 0.1) is 26.2 Å². The minimum Gasteiger partial charge on any atom is -0.493 e. The van der Waals surface area contributed by atoms with Crippen LogP contribution in [0.25, 0.3) is 0 Å². The molecule has 0 radical (unpaired) electrons. The summed E-state index contributed by atoms with van der Waals surface area (Å²) in [6.45, 7) is 5.54. The first-order valence-corrected chi connectivity index (χ1v) is 13.6. The number of sulfonamides is 1. The molecular formula is C25H34ClN3O6S. The number of benzene rings is 2. The third-order valence-electron chi connectivity index (χ3n) is 5.43. The molecule has 2 aromatic rings. The first-order valence-electron chi connectivity index (χ1n) is 11.4. The molecule has 36 heavy (non-hydrogen) atoms. The number of nitrogens with one attached hydrogen (secondary N) is 1. The molecule has 2 aromatic carbocycles. The van der Waals surface area contributed by atoms with Crippen LogP contribution in [0, 0.1) is 5.92 Å². The van der Waals surface area contributed by atoms with Crippen molar-refractivity contribution in [1.82, 2.24) is 10.2 Å². The second-order valence-electron chi connectivity index (χ2n) is 8.78. The topological polar surface area (TPSA) is 105 Å². The number of carbonyl (C=O) groups is 2. The predicted molar refractivity (Wildman–Crippen MR) is 141 cm³/mol. The Morgan fingerprint density at radius 3 is 2.25 bits per heavy atom. The van der Waals surface area contributed by atoms with E-state index in [2.05, 4.69) is 5.32 Å². The molecule has 0 aliphatic heterocycles. The first-order chi connectivity index (χ1) is 16.9. The maximum atomic E-state index is 13.6. The number of ether oxygens (including phenoxy) is 2. The maximum absolute atomic E-state index is 13.6. The molecule has 0 fully saturated rings. The average molecular weight is 540 g/mol. The van der Waals surface area contributed by atoms with Crippen molar-refractivity contribution in [3.63, 3.8) is 0 Å². The largest absolute Gasteiger partial charge is 0.493 e. The van der Waals surface area contributed by atoms with Gasteiger partial charge < -0.3 is 19.7 Å². The van der Waals surface area contributed by atoms with Crippen molar-refractivity contribution in [2.45, 2.75) is 33.4 Å². The van der Waals surface area contributed by atoms with Gasteiger partial charge in [0.2, 0.25) is 21.8 Å². The molecule has 0 saturated heterocycles. The molecule has 1 atom stereocenters. The van der Waals surface area contributed by atoms with E-state index in [0.29, 0.717) is 28.6 Å². The lowest BCUT2D eigenvalue weighted by atomic mass is 10.1. The van der Waals surface area contributed by atoms with Crippen molar-refractivity contribution >= 4 is 39.1 Å². The number of methoxy groups -OCH3 is 2. The van der Waals surface area contributed by atoms with E-state index in [9.17, 15) is 18.0 Å². The van der Waals surface area contributed by atoms with Gasteiger partial charge in [-0.15, -0.1) is 0 Å². The quantitative estimate of drug-likeness (QED) is 0.443. The predicted octanol–water partition coefficient (Wildman–Crippen LogP) is 3.31. The fourth-order valence-electron chi connectivity index (χ4n) is 3.46. The van der Waals surface area contributed by atoms with Gasteiger partial charge in [-0.1, -0.05) is 37.6 Å². The highest BCUT2D eigenvalue weighted by atomic mass is 35.5. The molecule has 11 heteroatoms. The molecular weight excluding hydrogens is 506 g/mol. The lowest BCUT2D eigenvalue weighted by Gasteiger charge is -2.31. The molecule has 1 unspecified atom stereocenters. The van der Waals surface area contributed by atoms with Crippen LogP contribution in [0.4, 0.5) is 5.69 Å². The van der Waals surface area contributed by atoms with Gasteiger partial charge in [0.15, 0.2) is 11.5 Å². The van der Waals surface area contributed by atoms with Crippen molar-refractivity contribution < 1.29 is 27.5 Å². The smallest absolute Gasteiger partial charge is 0.244 e. The number of anilines is 1. The van der Waals surface area contributed by atoms with Gasteiger partial charge in [0, 0.05) is 24.2 Å². The van der Waals surface area contributed by atoms with E-state index in [-0.39, 0.29) is 24.1 Å². The monoisotopic (exact) mass is 539 g/mol. The highest BCUT2D eigenvalue weighted by Crippen LogP contribution is 2.32. The minimum atomic E-state index is -3.87. The first kappa shape index (κ1) is 29.3. The molecule has 2 amide bonds. The van der Waals surface area contributed by atoms with Crippen molar-refractivity contribution in [1.29, 1.82) is 0 Å². The molecule has 9 nitrogen and oxygen atoms in total. The highest BCUT2D eigenvalue weighted by molar-refractivity contribution is 7.92. The Hall–Kier alpha value is -2.98. The van der Waals surface area contributed by atoms with Gasteiger partial charge in [-0.3, -0.25) is 13.9 Å². The van der Waals surface area contributed by atoms with E-state index in [1.807, 2.05) is 13.8 Å². The minimum absolute atomic E-state index is 0.0686. The van der Waals surface area contributed by atoms with Gasteiger partial charge in [-0.05, 0) is 42.7 Å². The fraction of sp³-hybridized carbons (Fsp3) is 0.440. The zero-order chi connectivity index (χ0) is 27.0. The lowest BCUT2D eigenvalue weighted by Crippen LogP contribution is -2.51. The van der Waals surface area contributed by atoms with Crippen molar-refractivity contribution in [2.24, 2.45) is 5.92 Å². The standard InChI is InChI=1S/C25H34ClN3O6S/c1-17(2)14-27-25(31)18(3)28(15-19-8-7-9-20(26)12-19)24(30)16-29(36(6,32)33)21-10-11-22(34-4)23(13-21)35-5/h7-13,17-18H,14-16H2,1-6H3,(H,27,31). The zero-order valence-electron chi connectivity index (χ0n) is 21.4. The molecule has 0 aliphatic rings. The number of hydrogen-bond acceptors (Lipinski definition) is 6. The number of halogens is 1. The van der Waals surface area contributed by atoms with Crippen LogP contribution in [-0.4, -0.2) is 64.7 Å². The summed E-state index contributed by atoms with van der Waals surface area (Å²) >= 11 is 6.12. The Balaban J connectivity index is 2.42. The number of rotatable bonds is 12. The molecule has 1 N–H and O–H groups in total. The van der Waals surface area contributed by atoms with Crippen LogP contribution in [0.3, 0.4) is 0 Å². The van der Waals surface area contributed by atoms with Crippen LogP contribution in [0.2, 0.25) is 5.02 Å². The van der Waals surface area contributed by atoms with Gasteiger partial charge in [-0.2, -0.15) is 0 Å². The number of hydrogen-bond donors (Lipinski definition) is 1. The molecule has 0 heterocycles. The van der Waals surface area contributed by atoms with Gasteiger partial charge in [0.1, 0.15) is 12.6 Å². The number of amides is 2. The molecule has 0 aliphatic carbocycles. The molecule has 0 bridgehead atoms. The van der Waals surface area contributed by atoms with Crippen molar-refractivity contribution in [3.05, 3.63) is 53.1 Å². The molecule has 2 rings (SSSR count). The second-order valence-corrected chi connectivity index (χ2v) is 11.1. The third-order valence-corrected chi connectivity index (χ3v) is 6.80. The van der Waals surface area contributed by atoms with Crippen molar-refractivity contribution in [3.8, 4) is 11.5 Å². The maximum Gasteiger partial charge on any atom is 0.244 e. The summed E-state index contributed by atoms with van der Waals surface area (Å²) in [6, 6.07) is 10.6. The average Bonchev–Trinajstić information content (AvgIpc) is 2.82. The molecule has 0 spiro atoms. The summed E-state index contributed by atoms with van der Waals surface area (Å²) in [6.07, 6.45) is 1.01. The van der Waals surface area contributed by atoms with E-state index in [1.165, 1.54) is 31.3 Å². The normalized spacial score (nSPS) is 12.1. The Morgan fingerprint density at radius 1 is 1.03 bits per heavy atom. The second kappa shape index (κ2) is 12.8. The zero-order valence-corrected chi connectivity index (χ0v) is 23.0. The van der Waals surface area contributed by atoms with E-state index < -0.39 is 28.5 Å². The SMILES string of the molecule is COc1ccc(N(CC(=O)N(Cc2cccc(Cl)c2)C(C)C(=O)NCC(C)C)S(C)(=O)=O)cc1OC. The van der Waals surface area contributed by atoms with Crippen LogP contribution >= 0.6 is 11.6 Å². The Morgan fingerprint density at radius 2 is 1.69 bits per heavy atom. The number of nitrogens with zero attached hydrogens (tertiary/aromatic N) is 2. The van der Waals surface area contributed by atoms with Gasteiger partial charge in [0.25, 0.3) is 0 Å². The fourth-order valence-corrected chi connectivity index (χ4v) is 4.52. The summed E-state index contributed by atoms with van der Waals surface area (Å²) in [5.74, 6) is 0.0647. The van der Waals surface area contributed by atoms with Gasteiger partial charge >= 0.3 is 0 Å². The Bertz CT molecular complexity index is 1170. The summed E-state index contributed by atoms with van der Waals surface area (Å²) < 4.78 is 36.9. The van der Waals surface area contributed by atoms with E-state index in [4.69, 9.17) is 21.1 Å². The third kappa shape index (κ3) is 8.03. The van der Waals surface area contributed by atoms with E-state index >= 15 is 0 Å². The Labute approximate surface area is 218 Å². The lowest BCUT2D eigenvalue weighted by molar-refractivity contribution is -0.139. The van der Waals surface area contributed by atoms with Gasteiger partial charge in [-0.25, -0.2) is 8.42 Å². The molecule has 0 aromatic heterocycles. The summed E-state index contributed by atoms with van der Waals surface area (Å²) in [5.41, 5.74) is 0.930. The summed E-state index contributed by atoms with van der Waals surface area (Å²) in [7, 11) is -0.971. The van der Waals surface area contributed by atoms with Crippen LogP contribution in [-0.2, 0) is 26.2 Å². The van der Waals surface area contributed by atoms with E-state index in [1.54, 1.807) is 37.3 Å².